The van der Waals surface area contributed by atoms with Gasteiger partial charge in [-0.15, -0.1) is 24.0 Å². The maximum absolute atomic E-state index is 11.9. The zero-order valence-electron chi connectivity index (χ0n) is 17.3. The number of benzene rings is 1. The molecular formula is C20H33IN4O3. The Kier molecular flexibility index (Phi) is 11.0. The van der Waals surface area contributed by atoms with Gasteiger partial charge in [-0.05, 0) is 31.9 Å². The number of carbonyl (C=O) groups excluding carboxylic acids is 1. The number of nitrogens with zero attached hydrogens (tertiary/aromatic N) is 2. The summed E-state index contributed by atoms with van der Waals surface area (Å²) in [5, 5.41) is 6.77. The Morgan fingerprint density at radius 1 is 1.21 bits per heavy atom. The molecular weight excluding hydrogens is 471 g/mol. The maximum Gasteiger partial charge on any atom is 0.243 e. The van der Waals surface area contributed by atoms with Gasteiger partial charge in [0.15, 0.2) is 17.5 Å². The molecule has 0 atom stereocenters. The van der Waals surface area contributed by atoms with Gasteiger partial charge in [0.1, 0.15) is 6.54 Å². The Labute approximate surface area is 185 Å². The highest BCUT2D eigenvalue weighted by molar-refractivity contribution is 14.0. The molecule has 2 N–H and O–H groups in total. The minimum absolute atomic E-state index is 0. The molecule has 1 saturated carbocycles. The molecule has 1 aromatic carbocycles. The summed E-state index contributed by atoms with van der Waals surface area (Å²) in [4.78, 5) is 18.0. The molecule has 1 amide bonds. The van der Waals surface area contributed by atoms with Gasteiger partial charge < -0.3 is 25.0 Å². The van der Waals surface area contributed by atoms with E-state index in [1.165, 1.54) is 19.3 Å². The Balaban J connectivity index is 0.00000392. The smallest absolute Gasteiger partial charge is 0.243 e. The Morgan fingerprint density at radius 2 is 1.93 bits per heavy atom. The van der Waals surface area contributed by atoms with Crippen molar-refractivity contribution >= 4 is 41.5 Å². The number of aliphatic imine (C=N–C) groups is 1. The van der Waals surface area contributed by atoms with Gasteiger partial charge in [0.05, 0.1) is 13.7 Å². The summed E-state index contributed by atoms with van der Waals surface area (Å²) in [6.07, 6.45) is 5.97. The van der Waals surface area contributed by atoms with Crippen molar-refractivity contribution in [2.24, 2.45) is 4.99 Å². The molecule has 0 unspecified atom stereocenters. The van der Waals surface area contributed by atoms with Crippen LogP contribution < -0.4 is 20.1 Å². The van der Waals surface area contributed by atoms with Gasteiger partial charge >= 0.3 is 0 Å². The Bertz CT molecular complexity index is 646. The summed E-state index contributed by atoms with van der Waals surface area (Å²) < 4.78 is 11.0. The van der Waals surface area contributed by atoms with Crippen molar-refractivity contribution in [2.75, 3.05) is 39.7 Å². The first-order valence-corrected chi connectivity index (χ1v) is 9.62. The molecule has 1 fully saturated rings. The van der Waals surface area contributed by atoms with Crippen LogP contribution in [-0.2, 0) is 4.79 Å². The highest BCUT2D eigenvalue weighted by Crippen LogP contribution is 2.30. The van der Waals surface area contributed by atoms with Gasteiger partial charge in [0, 0.05) is 31.9 Å². The largest absolute Gasteiger partial charge is 0.493 e. The molecule has 7 nitrogen and oxygen atoms in total. The number of methoxy groups -OCH3 is 1. The number of carbonyl (C=O) groups is 1. The number of guanidine groups is 1. The fraction of sp³-hybridized carbons (Fsp3) is 0.600. The van der Waals surface area contributed by atoms with E-state index in [9.17, 15) is 4.79 Å². The van der Waals surface area contributed by atoms with Crippen LogP contribution in [0.2, 0.25) is 0 Å². The van der Waals surface area contributed by atoms with Gasteiger partial charge in [-0.2, -0.15) is 0 Å². The molecule has 0 saturated heterocycles. The van der Waals surface area contributed by atoms with E-state index in [2.05, 4.69) is 15.6 Å². The van der Waals surface area contributed by atoms with Crippen LogP contribution in [0.1, 0.15) is 39.0 Å². The monoisotopic (exact) mass is 504 g/mol. The fourth-order valence-corrected chi connectivity index (χ4v) is 3.01. The van der Waals surface area contributed by atoms with Crippen LogP contribution in [0.5, 0.6) is 11.5 Å². The second-order valence-electron chi connectivity index (χ2n) is 6.86. The Morgan fingerprint density at radius 3 is 2.54 bits per heavy atom. The SMILES string of the molecule is CCOc1ccc(NC(=NCC(=O)N(C)C)NC2CCCCC2)cc1OC.I. The van der Waals surface area contributed by atoms with Crippen LogP contribution in [0, 0.1) is 0 Å². The number of rotatable bonds is 7. The van der Waals surface area contributed by atoms with Crippen molar-refractivity contribution in [1.82, 2.24) is 10.2 Å². The van der Waals surface area contributed by atoms with Crippen molar-refractivity contribution in [1.29, 1.82) is 0 Å². The highest BCUT2D eigenvalue weighted by atomic mass is 127. The summed E-state index contributed by atoms with van der Waals surface area (Å²) in [5.74, 6) is 1.93. The van der Waals surface area contributed by atoms with Gasteiger partial charge in [-0.3, -0.25) is 4.79 Å². The number of amides is 1. The van der Waals surface area contributed by atoms with Crippen LogP contribution >= 0.6 is 24.0 Å². The molecule has 0 heterocycles. The number of anilines is 1. The Hall–Kier alpha value is -1.71. The predicted molar refractivity (Wildman–Crippen MR) is 124 cm³/mol. The topological polar surface area (TPSA) is 75.2 Å². The number of nitrogens with one attached hydrogen (secondary N) is 2. The molecule has 0 bridgehead atoms. The number of likely N-dealkylation sites (N-methyl/N-ethyl adjacent to an activating group) is 1. The van der Waals surface area contributed by atoms with E-state index in [1.807, 2.05) is 25.1 Å². The van der Waals surface area contributed by atoms with Crippen molar-refractivity contribution < 1.29 is 14.3 Å². The lowest BCUT2D eigenvalue weighted by Crippen LogP contribution is -2.41. The van der Waals surface area contributed by atoms with E-state index >= 15 is 0 Å². The summed E-state index contributed by atoms with van der Waals surface area (Å²) in [5.41, 5.74) is 0.828. The third-order valence-electron chi connectivity index (χ3n) is 4.54. The summed E-state index contributed by atoms with van der Waals surface area (Å²) in [6.45, 7) is 2.61. The lowest BCUT2D eigenvalue weighted by atomic mass is 9.96. The van der Waals surface area contributed by atoms with Crippen molar-refractivity contribution in [3.05, 3.63) is 18.2 Å². The second kappa shape index (κ2) is 12.7. The third kappa shape index (κ3) is 7.73. The van der Waals surface area contributed by atoms with Crippen LogP contribution in [-0.4, -0.2) is 57.2 Å². The van der Waals surface area contributed by atoms with Crippen LogP contribution in [0.4, 0.5) is 5.69 Å². The normalized spacial score (nSPS) is 14.6. The lowest BCUT2D eigenvalue weighted by Gasteiger charge is -2.25. The number of hydrogen-bond acceptors (Lipinski definition) is 4. The zero-order chi connectivity index (χ0) is 19.6. The number of hydrogen-bond donors (Lipinski definition) is 2. The van der Waals surface area contributed by atoms with E-state index in [4.69, 9.17) is 9.47 Å². The average molecular weight is 504 g/mol. The first-order valence-electron chi connectivity index (χ1n) is 9.62. The van der Waals surface area contributed by atoms with Crippen LogP contribution in [0.25, 0.3) is 0 Å². The molecule has 0 aromatic heterocycles. The number of halogens is 1. The minimum Gasteiger partial charge on any atom is -0.493 e. The van der Waals surface area contributed by atoms with E-state index in [-0.39, 0.29) is 36.4 Å². The molecule has 1 aliphatic rings. The highest BCUT2D eigenvalue weighted by Gasteiger charge is 2.16. The third-order valence-corrected chi connectivity index (χ3v) is 4.54. The van der Waals surface area contributed by atoms with Gasteiger partial charge in [-0.1, -0.05) is 19.3 Å². The van der Waals surface area contributed by atoms with Crippen molar-refractivity contribution in [3.8, 4) is 11.5 Å². The van der Waals surface area contributed by atoms with E-state index in [0.717, 1.165) is 18.5 Å². The minimum atomic E-state index is -0.0379. The maximum atomic E-state index is 11.9. The van der Waals surface area contributed by atoms with Crippen molar-refractivity contribution in [2.45, 2.75) is 45.1 Å². The fourth-order valence-electron chi connectivity index (χ4n) is 3.01. The molecule has 8 heteroatoms. The lowest BCUT2D eigenvalue weighted by molar-refractivity contribution is -0.127. The second-order valence-corrected chi connectivity index (χ2v) is 6.86. The number of ether oxygens (including phenoxy) is 2. The van der Waals surface area contributed by atoms with Crippen LogP contribution in [0.3, 0.4) is 0 Å². The summed E-state index contributed by atoms with van der Waals surface area (Å²) in [7, 11) is 5.08. The van der Waals surface area contributed by atoms with E-state index < -0.39 is 0 Å². The molecule has 2 rings (SSSR count). The van der Waals surface area contributed by atoms with Gasteiger partial charge in [-0.25, -0.2) is 4.99 Å². The van der Waals surface area contributed by atoms with E-state index in [0.29, 0.717) is 30.1 Å². The van der Waals surface area contributed by atoms with Crippen LogP contribution in [0.15, 0.2) is 23.2 Å². The predicted octanol–water partition coefficient (Wildman–Crippen LogP) is 3.49. The quantitative estimate of drug-likeness (QED) is 0.338. The first kappa shape index (κ1) is 24.3. The average Bonchev–Trinajstić information content (AvgIpc) is 2.67. The molecule has 158 valence electrons. The van der Waals surface area contributed by atoms with Crippen molar-refractivity contribution in [3.63, 3.8) is 0 Å². The molecule has 28 heavy (non-hydrogen) atoms. The van der Waals surface area contributed by atoms with Gasteiger partial charge in [0.25, 0.3) is 0 Å². The molecule has 1 aliphatic carbocycles. The molecule has 1 aromatic rings. The van der Waals surface area contributed by atoms with E-state index in [1.54, 1.807) is 26.1 Å². The first-order chi connectivity index (χ1) is 13.0. The summed E-state index contributed by atoms with van der Waals surface area (Å²) >= 11 is 0. The standard InChI is InChI=1S/C20H32N4O3.HI/c1-5-27-17-12-11-16(13-18(17)26-4)23-20(21-14-19(25)24(2)3)22-15-9-7-6-8-10-15;/h11-13,15H,5-10,14H2,1-4H3,(H2,21,22,23);1H. The molecule has 0 aliphatic heterocycles. The summed E-state index contributed by atoms with van der Waals surface area (Å²) in [6, 6.07) is 6.04. The van der Waals surface area contributed by atoms with Gasteiger partial charge in [0.2, 0.25) is 5.91 Å². The zero-order valence-corrected chi connectivity index (χ0v) is 19.6. The molecule has 0 radical (unpaired) electrons. The molecule has 0 spiro atoms.